The Morgan fingerprint density at radius 3 is 2.21 bits per heavy atom. The summed E-state index contributed by atoms with van der Waals surface area (Å²) in [5.74, 6) is -2.20. The van der Waals surface area contributed by atoms with E-state index in [4.69, 9.17) is 4.74 Å². The summed E-state index contributed by atoms with van der Waals surface area (Å²) in [4.78, 5) is 70.9. The predicted octanol–water partition coefficient (Wildman–Crippen LogP) is 6.94. The molecule has 2 rings (SSSR count). The molecule has 6 atom stereocenters. The van der Waals surface area contributed by atoms with Crippen LogP contribution < -0.4 is 21.3 Å². The molecule has 1 aliphatic heterocycles. The Hall–Kier alpha value is -4.56. The number of unbranched alkanes of at least 4 members (excludes halogenated alkanes) is 2. The lowest BCUT2D eigenvalue weighted by Gasteiger charge is -2.34. The number of carbonyl (C=O) groups excluding carboxylic acids is 5. The van der Waals surface area contributed by atoms with Crippen molar-refractivity contribution in [3.05, 3.63) is 60.3 Å². The number of nitrogens with one attached hydrogen (secondary N) is 4. The van der Waals surface area contributed by atoms with E-state index in [-0.39, 0.29) is 30.5 Å². The van der Waals surface area contributed by atoms with Gasteiger partial charge in [0.05, 0.1) is 12.6 Å². The third-order valence-electron chi connectivity index (χ3n) is 10.7. The number of nitrogens with zero attached hydrogens (tertiary/aromatic N) is 2. The average molecular weight is 821 g/mol. The van der Waals surface area contributed by atoms with Crippen molar-refractivity contribution in [2.75, 3.05) is 26.7 Å². The fraction of sp³-hybridized carbons (Fsp3) is 0.651. The second kappa shape index (κ2) is 23.1. The maximum absolute atomic E-state index is 14.1. The highest BCUT2D eigenvalue weighted by Crippen LogP contribution is 2.33. The van der Waals surface area contributed by atoms with Crippen LogP contribution in [-0.4, -0.2) is 96.1 Å². The van der Waals surface area contributed by atoms with Crippen molar-refractivity contribution in [3.63, 3.8) is 0 Å². The molecule has 1 aliphatic rings. The topological polar surface area (TPSA) is 149 Å². The van der Waals surface area contributed by atoms with E-state index in [1.165, 1.54) is 4.90 Å². The van der Waals surface area contributed by atoms with Crippen LogP contribution in [0.5, 0.6) is 0 Å². The number of carbonyl (C=O) groups is 5. The van der Waals surface area contributed by atoms with Gasteiger partial charge in [-0.05, 0) is 63.4 Å². The van der Waals surface area contributed by atoms with Gasteiger partial charge in [-0.25, -0.2) is 4.79 Å². The van der Waals surface area contributed by atoms with Gasteiger partial charge in [0.1, 0.15) is 18.1 Å². The monoisotopic (exact) mass is 821 g/mol. The van der Waals surface area contributed by atoms with Gasteiger partial charge in [-0.1, -0.05) is 104 Å². The van der Waals surface area contributed by atoms with Crippen LogP contribution in [0.2, 0.25) is 0 Å². The van der Waals surface area contributed by atoms with Gasteiger partial charge < -0.3 is 35.8 Å². The first-order valence-corrected chi connectivity index (χ1v) is 20.6. The van der Waals surface area contributed by atoms with Gasteiger partial charge in [0, 0.05) is 31.4 Å². The van der Waals surface area contributed by atoms with Crippen molar-refractivity contribution in [3.8, 4) is 0 Å². The van der Waals surface area contributed by atoms with E-state index in [9.17, 15) is 37.1 Å². The zero-order valence-electron chi connectivity index (χ0n) is 35.7. The Kier molecular flexibility index (Phi) is 19.8. The molecule has 0 bridgehead atoms. The summed E-state index contributed by atoms with van der Waals surface area (Å²) in [5, 5.41) is 11.3. The third-order valence-corrected chi connectivity index (χ3v) is 10.7. The van der Waals surface area contributed by atoms with Gasteiger partial charge in [0.2, 0.25) is 29.2 Å². The second-order valence-electron chi connectivity index (χ2n) is 16.1. The van der Waals surface area contributed by atoms with Gasteiger partial charge in [-0.15, -0.1) is 0 Å². The third kappa shape index (κ3) is 14.7. The fourth-order valence-electron chi connectivity index (χ4n) is 6.70. The number of hydrogen-bond acceptors (Lipinski definition) is 7. The molecule has 0 aromatic heterocycles. The summed E-state index contributed by atoms with van der Waals surface area (Å²) in [7, 11) is 1.73. The summed E-state index contributed by atoms with van der Waals surface area (Å²) in [5.41, 5.74) is -1.59. The Bertz CT molecular complexity index is 1550. The molecule has 1 aromatic carbocycles. The van der Waals surface area contributed by atoms with Crippen LogP contribution in [0.4, 0.5) is 18.0 Å². The zero-order chi connectivity index (χ0) is 43.8. The molecular weight excluding hydrogens is 754 g/mol. The smallest absolute Gasteiger partial charge is 0.427 e. The molecule has 1 fully saturated rings. The van der Waals surface area contributed by atoms with Crippen LogP contribution in [0, 0.1) is 11.8 Å². The molecule has 12 nitrogen and oxygen atoms in total. The molecule has 0 saturated carbocycles. The maximum atomic E-state index is 14.1. The van der Waals surface area contributed by atoms with Crippen molar-refractivity contribution in [1.29, 1.82) is 0 Å². The SMILES string of the molecule is C=C(CNC(=O)C(=C)C(CC(C)CC)NC(=O)C1CCCN1C(=O)C(NC(=O)OC(C)(C)C(F)(F)F)C(C)CCCCC)NC(C(=O)N(C)CCC)c1ccccc1. The molecule has 326 valence electrons. The first-order chi connectivity index (χ1) is 27.2. The summed E-state index contributed by atoms with van der Waals surface area (Å²) in [6.07, 6.45) is -0.561. The molecule has 0 radical (unpaired) electrons. The quantitative estimate of drug-likeness (QED) is 0.0691. The zero-order valence-corrected chi connectivity index (χ0v) is 35.7. The van der Waals surface area contributed by atoms with Gasteiger partial charge in [-0.2, -0.15) is 13.2 Å². The minimum atomic E-state index is -4.84. The highest BCUT2D eigenvalue weighted by Gasteiger charge is 2.51. The number of hydrogen-bond donors (Lipinski definition) is 4. The van der Waals surface area contributed by atoms with Crippen molar-refractivity contribution in [2.24, 2.45) is 11.8 Å². The molecule has 0 spiro atoms. The first-order valence-electron chi connectivity index (χ1n) is 20.6. The Morgan fingerprint density at radius 1 is 0.966 bits per heavy atom. The molecule has 1 aromatic rings. The molecule has 15 heteroatoms. The van der Waals surface area contributed by atoms with Gasteiger partial charge in [-0.3, -0.25) is 19.2 Å². The van der Waals surface area contributed by atoms with Crippen LogP contribution in [0.25, 0.3) is 0 Å². The highest BCUT2D eigenvalue weighted by atomic mass is 19.4. The van der Waals surface area contributed by atoms with Crippen LogP contribution in [-0.2, 0) is 23.9 Å². The van der Waals surface area contributed by atoms with Gasteiger partial charge >= 0.3 is 12.3 Å². The molecule has 5 amide bonds. The molecule has 1 saturated heterocycles. The number of rotatable bonds is 23. The highest BCUT2D eigenvalue weighted by molar-refractivity contribution is 5.96. The minimum absolute atomic E-state index is 0.0335. The van der Waals surface area contributed by atoms with E-state index in [2.05, 4.69) is 34.4 Å². The van der Waals surface area contributed by atoms with Crippen LogP contribution in [0.1, 0.15) is 118 Å². The molecule has 58 heavy (non-hydrogen) atoms. The first kappa shape index (κ1) is 49.6. The molecule has 6 unspecified atom stereocenters. The number of ether oxygens (including phenoxy) is 1. The largest absolute Gasteiger partial charge is 0.434 e. The van der Waals surface area contributed by atoms with E-state index in [1.807, 2.05) is 58.0 Å². The Balaban J connectivity index is 2.23. The van der Waals surface area contributed by atoms with Crippen LogP contribution >= 0.6 is 0 Å². The van der Waals surface area contributed by atoms with E-state index in [0.29, 0.717) is 37.9 Å². The fourth-order valence-corrected chi connectivity index (χ4v) is 6.70. The van der Waals surface area contributed by atoms with Crippen molar-refractivity contribution in [1.82, 2.24) is 31.1 Å². The summed E-state index contributed by atoms with van der Waals surface area (Å²) < 4.78 is 45.3. The molecular formula is C43H67F3N6O6. The second-order valence-corrected chi connectivity index (χ2v) is 16.1. The summed E-state index contributed by atoms with van der Waals surface area (Å²) >= 11 is 0. The minimum Gasteiger partial charge on any atom is -0.434 e. The Labute approximate surface area is 343 Å². The Morgan fingerprint density at radius 2 is 1.62 bits per heavy atom. The predicted molar refractivity (Wildman–Crippen MR) is 219 cm³/mol. The van der Waals surface area contributed by atoms with Gasteiger partial charge in [0.25, 0.3) is 0 Å². The van der Waals surface area contributed by atoms with Crippen molar-refractivity contribution < 1.29 is 41.9 Å². The van der Waals surface area contributed by atoms with Gasteiger partial charge in [0.15, 0.2) is 0 Å². The van der Waals surface area contributed by atoms with E-state index in [1.54, 1.807) is 18.9 Å². The number of likely N-dealkylation sites (N-methyl/N-ethyl adjacent to an activating group) is 1. The molecule has 4 N–H and O–H groups in total. The molecule has 0 aliphatic carbocycles. The normalized spacial score (nSPS) is 16.9. The van der Waals surface area contributed by atoms with Crippen molar-refractivity contribution >= 4 is 29.7 Å². The lowest BCUT2D eigenvalue weighted by molar-refractivity contribution is -0.244. The number of benzene rings is 1. The summed E-state index contributed by atoms with van der Waals surface area (Å²) in [6.45, 7) is 19.9. The number of alkyl carbamates (subject to hydrolysis) is 1. The van der Waals surface area contributed by atoms with E-state index >= 15 is 0 Å². The van der Waals surface area contributed by atoms with Crippen LogP contribution in [0.3, 0.4) is 0 Å². The number of amides is 5. The number of halogens is 3. The lowest BCUT2D eigenvalue weighted by Crippen LogP contribution is -2.57. The van der Waals surface area contributed by atoms with Crippen molar-refractivity contribution in [2.45, 2.75) is 142 Å². The van der Waals surface area contributed by atoms with E-state index in [0.717, 1.165) is 51.5 Å². The molecule has 1 heterocycles. The van der Waals surface area contributed by atoms with Crippen LogP contribution in [0.15, 0.2) is 54.8 Å². The van der Waals surface area contributed by atoms with E-state index < -0.39 is 65.7 Å². The lowest BCUT2D eigenvalue weighted by atomic mass is 9.93. The summed E-state index contributed by atoms with van der Waals surface area (Å²) in [6, 6.07) is 5.46. The maximum Gasteiger partial charge on any atom is 0.427 e. The average Bonchev–Trinajstić information content (AvgIpc) is 3.67. The number of alkyl halides is 3. The standard InChI is InChI=1S/C43H67F3N6O6/c1-11-14-16-20-29(5)35(50-41(57)58-42(8,9)43(44,45)46)40(56)52-25-19-23-34(52)38(54)49-33(26-28(4)13-3)31(7)37(53)47-27-30(6)48-36(32-21-17-15-18-22-32)39(55)51(10)24-12-2/h15,17-18,21-22,28-29,33-36,48H,6-7,11-14,16,19-20,23-27H2,1-5,8-10H3,(H,47,53)(H,49,54)(H,50,57). The number of likely N-dealkylation sites (tertiary alicyclic amines) is 1.